The maximum Gasteiger partial charge on any atom is 0.260 e. The first-order chi connectivity index (χ1) is 11.1. The van der Waals surface area contributed by atoms with Gasteiger partial charge in [-0.25, -0.2) is 0 Å². The third-order valence-corrected chi connectivity index (χ3v) is 3.83. The second-order valence-corrected chi connectivity index (χ2v) is 5.61. The summed E-state index contributed by atoms with van der Waals surface area (Å²) in [6, 6.07) is 5.63. The molecule has 0 bridgehead atoms. The van der Waals surface area contributed by atoms with E-state index >= 15 is 0 Å². The first-order valence-corrected chi connectivity index (χ1v) is 7.93. The highest BCUT2D eigenvalue weighted by Gasteiger charge is 2.20. The molecule has 2 rings (SSSR count). The molecule has 1 amide bonds. The van der Waals surface area contributed by atoms with E-state index in [0.717, 1.165) is 25.0 Å². The molecule has 1 atom stereocenters. The predicted molar refractivity (Wildman–Crippen MR) is 89.8 cm³/mol. The van der Waals surface area contributed by atoms with Crippen molar-refractivity contribution in [2.24, 2.45) is 0 Å². The number of nitrogens with zero attached hydrogens (tertiary/aromatic N) is 1. The zero-order valence-electron chi connectivity index (χ0n) is 14.1. The molecule has 1 unspecified atom stereocenters. The Kier molecular flexibility index (Phi) is 6.47. The third kappa shape index (κ3) is 4.99. The number of likely N-dealkylation sites (N-methyl/N-ethyl adjacent to an activating group) is 1. The van der Waals surface area contributed by atoms with E-state index in [9.17, 15) is 4.79 Å². The first-order valence-electron chi connectivity index (χ1n) is 7.93. The van der Waals surface area contributed by atoms with Crippen molar-refractivity contribution in [1.29, 1.82) is 0 Å². The lowest BCUT2D eigenvalue weighted by atomic mass is 10.2. The molecule has 0 N–H and O–H groups in total. The number of carbonyl (C=O) groups is 1. The van der Waals surface area contributed by atoms with Gasteiger partial charge in [-0.15, -0.1) is 0 Å². The van der Waals surface area contributed by atoms with Crippen molar-refractivity contribution in [1.82, 2.24) is 4.90 Å². The fourth-order valence-electron chi connectivity index (χ4n) is 2.54. The molecule has 0 aliphatic carbocycles. The van der Waals surface area contributed by atoms with E-state index < -0.39 is 0 Å². The Morgan fingerprint density at radius 3 is 2.91 bits per heavy atom. The Bertz CT molecular complexity index is 550. The highest BCUT2D eigenvalue weighted by molar-refractivity contribution is 5.77. The lowest BCUT2D eigenvalue weighted by Gasteiger charge is -2.21. The maximum absolute atomic E-state index is 12.2. The van der Waals surface area contributed by atoms with Gasteiger partial charge in [0.2, 0.25) is 0 Å². The van der Waals surface area contributed by atoms with Crippen LogP contribution in [0.25, 0.3) is 6.08 Å². The van der Waals surface area contributed by atoms with E-state index in [0.29, 0.717) is 18.0 Å². The minimum Gasteiger partial charge on any atom is -0.493 e. The largest absolute Gasteiger partial charge is 0.493 e. The quantitative estimate of drug-likeness (QED) is 0.775. The molecule has 5 nitrogen and oxygen atoms in total. The Morgan fingerprint density at radius 2 is 2.26 bits per heavy atom. The number of amides is 1. The zero-order valence-corrected chi connectivity index (χ0v) is 14.1. The van der Waals surface area contributed by atoms with Crippen LogP contribution >= 0.6 is 0 Å². The van der Waals surface area contributed by atoms with E-state index in [1.54, 1.807) is 19.1 Å². The van der Waals surface area contributed by atoms with Crippen molar-refractivity contribution in [3.8, 4) is 11.5 Å². The van der Waals surface area contributed by atoms with Crippen LogP contribution < -0.4 is 9.47 Å². The number of allylic oxidation sites excluding steroid dienone is 1. The summed E-state index contributed by atoms with van der Waals surface area (Å²) in [6.45, 7) is 3.35. The minimum atomic E-state index is -0.0694. The van der Waals surface area contributed by atoms with E-state index in [1.807, 2.05) is 37.3 Å². The van der Waals surface area contributed by atoms with E-state index in [4.69, 9.17) is 14.2 Å². The Morgan fingerprint density at radius 1 is 1.43 bits per heavy atom. The number of rotatable bonds is 7. The molecule has 1 heterocycles. The number of methoxy groups -OCH3 is 1. The standard InChI is InChI=1S/C18H25NO4/c1-4-6-14-8-9-16(17(11-14)21-3)23-13-18(20)19(2)12-15-7-5-10-22-15/h4,6,8-9,11,15H,5,7,10,12-13H2,1-3H3/b6-4+. The van der Waals surface area contributed by atoms with Crippen molar-refractivity contribution in [2.45, 2.75) is 25.9 Å². The maximum atomic E-state index is 12.2. The molecule has 1 aromatic carbocycles. The van der Waals surface area contributed by atoms with Crippen LogP contribution in [0, 0.1) is 0 Å². The van der Waals surface area contributed by atoms with Gasteiger partial charge in [0.15, 0.2) is 18.1 Å². The van der Waals surface area contributed by atoms with E-state index in [1.165, 1.54) is 0 Å². The monoisotopic (exact) mass is 319 g/mol. The molecule has 5 heteroatoms. The predicted octanol–water partition coefficient (Wildman–Crippen LogP) is 2.74. The molecule has 0 aromatic heterocycles. The van der Waals surface area contributed by atoms with Crippen LogP contribution in [-0.2, 0) is 9.53 Å². The molecule has 126 valence electrons. The molecule has 0 spiro atoms. The van der Waals surface area contributed by atoms with Gasteiger partial charge in [-0.2, -0.15) is 0 Å². The second-order valence-electron chi connectivity index (χ2n) is 5.61. The molecule has 1 fully saturated rings. The summed E-state index contributed by atoms with van der Waals surface area (Å²) < 4.78 is 16.5. The minimum absolute atomic E-state index is 0.0114. The van der Waals surface area contributed by atoms with Gasteiger partial charge >= 0.3 is 0 Å². The van der Waals surface area contributed by atoms with Crippen LogP contribution in [0.3, 0.4) is 0 Å². The number of ether oxygens (including phenoxy) is 3. The Hall–Kier alpha value is -2.01. The van der Waals surface area contributed by atoms with Crippen LogP contribution in [0.5, 0.6) is 11.5 Å². The summed E-state index contributed by atoms with van der Waals surface area (Å²) in [6.07, 6.45) is 6.17. The average molecular weight is 319 g/mol. The van der Waals surface area contributed by atoms with Crippen LogP contribution in [0.15, 0.2) is 24.3 Å². The lowest BCUT2D eigenvalue weighted by Crippen LogP contribution is -2.37. The summed E-state index contributed by atoms with van der Waals surface area (Å²) in [4.78, 5) is 13.8. The molecular weight excluding hydrogens is 294 g/mol. The van der Waals surface area contributed by atoms with Gasteiger partial charge in [0.25, 0.3) is 5.91 Å². The molecule has 1 saturated heterocycles. The number of hydrogen-bond acceptors (Lipinski definition) is 4. The third-order valence-electron chi connectivity index (χ3n) is 3.83. The average Bonchev–Trinajstić information content (AvgIpc) is 3.06. The second kappa shape index (κ2) is 8.58. The summed E-state index contributed by atoms with van der Waals surface area (Å²) in [5.74, 6) is 1.12. The van der Waals surface area contributed by atoms with Gasteiger partial charge < -0.3 is 19.1 Å². The van der Waals surface area contributed by atoms with Gasteiger partial charge in [-0.1, -0.05) is 18.2 Å². The first kappa shape index (κ1) is 17.3. The molecular formula is C18H25NO4. The van der Waals surface area contributed by atoms with Crippen molar-refractivity contribution in [3.63, 3.8) is 0 Å². The van der Waals surface area contributed by atoms with Gasteiger partial charge in [0.05, 0.1) is 13.2 Å². The molecule has 1 aliphatic rings. The molecule has 23 heavy (non-hydrogen) atoms. The lowest BCUT2D eigenvalue weighted by molar-refractivity contribution is -0.133. The van der Waals surface area contributed by atoms with Gasteiger partial charge in [0, 0.05) is 20.2 Å². The Balaban J connectivity index is 1.90. The molecule has 1 aromatic rings. The van der Waals surface area contributed by atoms with Crippen LogP contribution in [0.1, 0.15) is 25.3 Å². The zero-order chi connectivity index (χ0) is 16.7. The van der Waals surface area contributed by atoms with Gasteiger partial charge in [0.1, 0.15) is 0 Å². The van der Waals surface area contributed by atoms with Crippen molar-refractivity contribution >= 4 is 12.0 Å². The van der Waals surface area contributed by atoms with Crippen LogP contribution in [0.2, 0.25) is 0 Å². The van der Waals surface area contributed by atoms with Crippen molar-refractivity contribution in [2.75, 3.05) is 33.9 Å². The molecule has 0 radical (unpaired) electrons. The smallest absolute Gasteiger partial charge is 0.260 e. The van der Waals surface area contributed by atoms with Crippen molar-refractivity contribution in [3.05, 3.63) is 29.8 Å². The van der Waals surface area contributed by atoms with E-state index in [2.05, 4.69) is 0 Å². The van der Waals surface area contributed by atoms with Gasteiger partial charge in [-0.3, -0.25) is 4.79 Å². The molecule has 1 aliphatic heterocycles. The highest BCUT2D eigenvalue weighted by Crippen LogP contribution is 2.28. The summed E-state index contributed by atoms with van der Waals surface area (Å²) in [7, 11) is 3.37. The number of carbonyl (C=O) groups excluding carboxylic acids is 1. The van der Waals surface area contributed by atoms with Gasteiger partial charge in [-0.05, 0) is 37.5 Å². The highest BCUT2D eigenvalue weighted by atomic mass is 16.5. The number of hydrogen-bond donors (Lipinski definition) is 0. The van der Waals surface area contributed by atoms with E-state index in [-0.39, 0.29) is 18.6 Å². The van der Waals surface area contributed by atoms with Crippen molar-refractivity contribution < 1.29 is 19.0 Å². The topological polar surface area (TPSA) is 48.0 Å². The fourth-order valence-corrected chi connectivity index (χ4v) is 2.54. The van der Waals surface area contributed by atoms with Crippen LogP contribution in [-0.4, -0.2) is 50.8 Å². The summed E-state index contributed by atoms with van der Waals surface area (Å²) in [5.41, 5.74) is 1.03. The van der Waals surface area contributed by atoms with Crippen LogP contribution in [0.4, 0.5) is 0 Å². The Labute approximate surface area is 137 Å². The summed E-state index contributed by atoms with van der Waals surface area (Å²) >= 11 is 0. The number of benzene rings is 1. The normalized spacial score (nSPS) is 17.4. The molecule has 0 saturated carbocycles. The SMILES string of the molecule is C/C=C/c1ccc(OCC(=O)N(C)CC2CCCO2)c(OC)c1. The summed E-state index contributed by atoms with van der Waals surface area (Å²) in [5, 5.41) is 0. The fraction of sp³-hybridized carbons (Fsp3) is 0.500.